The van der Waals surface area contributed by atoms with E-state index in [4.69, 9.17) is 5.11 Å². The summed E-state index contributed by atoms with van der Waals surface area (Å²) in [5, 5.41) is 12.4. The number of hydrogen-bond donors (Lipinski definition) is 2. The van der Waals surface area contributed by atoms with Gasteiger partial charge >= 0.3 is 5.97 Å². The highest BCUT2D eigenvalue weighted by molar-refractivity contribution is 7.91. The number of carbonyl (C=O) groups is 1. The maximum Gasteiger partial charge on any atom is 0.305 e. The zero-order chi connectivity index (χ0) is 15.5. The van der Waals surface area contributed by atoms with Gasteiger partial charge in [0.25, 0.3) is 0 Å². The van der Waals surface area contributed by atoms with Crippen LogP contribution in [0.1, 0.15) is 39.0 Å². The van der Waals surface area contributed by atoms with Crippen LogP contribution in [-0.4, -0.2) is 30.8 Å². The van der Waals surface area contributed by atoms with Crippen LogP contribution >= 0.6 is 0 Å². The summed E-state index contributed by atoms with van der Waals surface area (Å²) < 4.78 is 24.3. The third-order valence-electron chi connectivity index (χ3n) is 4.05. The number of nitrogens with one attached hydrogen (secondary N) is 1. The fraction of sp³-hybridized carbons (Fsp3) is 0.533. The number of carboxylic acid groups (broad SMARTS) is 1. The molecular formula is C15H21NO4S. The average molecular weight is 311 g/mol. The molecule has 6 heteroatoms. The summed E-state index contributed by atoms with van der Waals surface area (Å²) in [6.07, 6.45) is 3.43. The van der Waals surface area contributed by atoms with E-state index in [1.54, 1.807) is 31.2 Å². The van der Waals surface area contributed by atoms with E-state index in [2.05, 4.69) is 5.32 Å². The molecule has 0 aromatic heterocycles. The third-order valence-corrected chi connectivity index (χ3v) is 5.84. The van der Waals surface area contributed by atoms with Crippen molar-refractivity contribution in [2.75, 3.05) is 11.1 Å². The second-order valence-electron chi connectivity index (χ2n) is 5.58. The summed E-state index contributed by atoms with van der Waals surface area (Å²) in [7, 11) is -3.34. The molecule has 0 atom stereocenters. The quantitative estimate of drug-likeness (QED) is 0.844. The molecular weight excluding hydrogens is 290 g/mol. The van der Waals surface area contributed by atoms with Gasteiger partial charge in [-0.3, -0.25) is 4.79 Å². The molecule has 1 fully saturated rings. The predicted octanol–water partition coefficient (Wildman–Crippen LogP) is 2.68. The fourth-order valence-corrected chi connectivity index (χ4v) is 4.02. The molecule has 1 aromatic carbocycles. The first-order valence-corrected chi connectivity index (χ1v) is 8.85. The smallest absolute Gasteiger partial charge is 0.305 e. The molecule has 0 bridgehead atoms. The Kier molecular flexibility index (Phi) is 4.56. The van der Waals surface area contributed by atoms with Crippen LogP contribution in [-0.2, 0) is 14.6 Å². The minimum atomic E-state index is -3.34. The Morgan fingerprint density at radius 1 is 1.29 bits per heavy atom. The van der Waals surface area contributed by atoms with Crippen molar-refractivity contribution in [2.45, 2.75) is 49.5 Å². The Hall–Kier alpha value is -1.56. The van der Waals surface area contributed by atoms with E-state index in [0.717, 1.165) is 25.7 Å². The highest BCUT2D eigenvalue weighted by Crippen LogP contribution is 2.37. The van der Waals surface area contributed by atoms with Gasteiger partial charge in [0.05, 0.1) is 22.8 Å². The second kappa shape index (κ2) is 6.05. The fourth-order valence-electron chi connectivity index (χ4n) is 2.97. The summed E-state index contributed by atoms with van der Waals surface area (Å²) in [5.41, 5.74) is -0.0203. The minimum absolute atomic E-state index is 0.00745. The minimum Gasteiger partial charge on any atom is -0.481 e. The Labute approximate surface area is 125 Å². The van der Waals surface area contributed by atoms with Crippen LogP contribution in [0.5, 0.6) is 0 Å². The first-order valence-electron chi connectivity index (χ1n) is 7.20. The highest BCUT2D eigenvalue weighted by Gasteiger charge is 2.37. The lowest BCUT2D eigenvalue weighted by Gasteiger charge is -2.31. The van der Waals surface area contributed by atoms with Crippen LogP contribution in [0.3, 0.4) is 0 Å². The maximum atomic E-state index is 12.2. The number of rotatable bonds is 6. The lowest BCUT2D eigenvalue weighted by Crippen LogP contribution is -2.38. The number of para-hydroxylation sites is 1. The first-order chi connectivity index (χ1) is 9.88. The molecule has 21 heavy (non-hydrogen) atoms. The molecule has 0 radical (unpaired) electrons. The molecule has 1 aromatic rings. The van der Waals surface area contributed by atoms with E-state index in [0.29, 0.717) is 5.69 Å². The topological polar surface area (TPSA) is 83.5 Å². The zero-order valence-corrected chi connectivity index (χ0v) is 12.9. The van der Waals surface area contributed by atoms with Crippen LogP contribution < -0.4 is 5.32 Å². The summed E-state index contributed by atoms with van der Waals surface area (Å²) in [4.78, 5) is 11.4. The summed E-state index contributed by atoms with van der Waals surface area (Å²) in [5.74, 6) is -0.835. The molecule has 0 heterocycles. The highest BCUT2D eigenvalue weighted by atomic mass is 32.2. The molecule has 0 unspecified atom stereocenters. The number of anilines is 1. The molecule has 0 amide bonds. The summed E-state index contributed by atoms with van der Waals surface area (Å²) in [6.45, 7) is 1.61. The van der Waals surface area contributed by atoms with Crippen molar-refractivity contribution in [2.24, 2.45) is 0 Å². The molecule has 1 aliphatic carbocycles. The predicted molar refractivity (Wildman–Crippen MR) is 81.2 cm³/mol. The Bertz CT molecular complexity index is 618. The van der Waals surface area contributed by atoms with E-state index < -0.39 is 21.3 Å². The Morgan fingerprint density at radius 3 is 2.48 bits per heavy atom. The van der Waals surface area contributed by atoms with Gasteiger partial charge < -0.3 is 10.4 Å². The van der Waals surface area contributed by atoms with Crippen LogP contribution in [0.2, 0.25) is 0 Å². The Morgan fingerprint density at radius 2 is 1.90 bits per heavy atom. The van der Waals surface area contributed by atoms with E-state index >= 15 is 0 Å². The number of aliphatic carboxylic acids is 1. The largest absolute Gasteiger partial charge is 0.481 e. The molecule has 0 spiro atoms. The van der Waals surface area contributed by atoms with Gasteiger partial charge in [0, 0.05) is 5.54 Å². The molecule has 1 saturated carbocycles. The maximum absolute atomic E-state index is 12.2. The summed E-state index contributed by atoms with van der Waals surface area (Å²) >= 11 is 0. The van der Waals surface area contributed by atoms with Crippen molar-refractivity contribution < 1.29 is 18.3 Å². The number of benzene rings is 1. The van der Waals surface area contributed by atoms with Crippen LogP contribution in [0.4, 0.5) is 5.69 Å². The van der Waals surface area contributed by atoms with Gasteiger partial charge in [0.2, 0.25) is 0 Å². The van der Waals surface area contributed by atoms with Gasteiger partial charge in [-0.15, -0.1) is 0 Å². The lowest BCUT2D eigenvalue weighted by atomic mass is 9.93. The molecule has 1 aliphatic rings. The third kappa shape index (κ3) is 3.56. The average Bonchev–Trinajstić information content (AvgIpc) is 2.86. The van der Waals surface area contributed by atoms with Crippen LogP contribution in [0.25, 0.3) is 0 Å². The number of carboxylic acids is 1. The molecule has 5 nitrogen and oxygen atoms in total. The van der Waals surface area contributed by atoms with Crippen molar-refractivity contribution in [3.05, 3.63) is 24.3 Å². The second-order valence-corrected chi connectivity index (χ2v) is 7.83. The van der Waals surface area contributed by atoms with E-state index in [1.807, 2.05) is 0 Å². The van der Waals surface area contributed by atoms with Crippen LogP contribution in [0, 0.1) is 0 Å². The normalized spacial score (nSPS) is 17.6. The van der Waals surface area contributed by atoms with Gasteiger partial charge in [-0.2, -0.15) is 0 Å². The van der Waals surface area contributed by atoms with Crippen molar-refractivity contribution in [3.63, 3.8) is 0 Å². The van der Waals surface area contributed by atoms with Crippen molar-refractivity contribution in [1.29, 1.82) is 0 Å². The first kappa shape index (κ1) is 15.8. The van der Waals surface area contributed by atoms with E-state index in [-0.39, 0.29) is 17.1 Å². The Balaban J connectivity index is 2.36. The SMILES string of the molecule is CCS(=O)(=O)c1ccccc1NC1(CC(=O)O)CCCC1. The zero-order valence-electron chi connectivity index (χ0n) is 12.1. The number of hydrogen-bond acceptors (Lipinski definition) is 4. The van der Waals surface area contributed by atoms with Gasteiger partial charge in [-0.25, -0.2) is 8.42 Å². The molecule has 0 aliphatic heterocycles. The van der Waals surface area contributed by atoms with Gasteiger partial charge in [0.15, 0.2) is 9.84 Å². The van der Waals surface area contributed by atoms with Crippen LogP contribution in [0.15, 0.2) is 29.2 Å². The van der Waals surface area contributed by atoms with E-state index in [9.17, 15) is 13.2 Å². The standard InChI is InChI=1S/C15H21NO4S/c1-2-21(19,20)13-8-4-3-7-12(13)16-15(11-14(17)18)9-5-6-10-15/h3-4,7-8,16H,2,5-6,9-11H2,1H3,(H,17,18). The molecule has 2 rings (SSSR count). The van der Waals surface area contributed by atoms with Gasteiger partial charge in [-0.05, 0) is 25.0 Å². The molecule has 116 valence electrons. The molecule has 2 N–H and O–H groups in total. The van der Waals surface area contributed by atoms with Crippen molar-refractivity contribution >= 4 is 21.5 Å². The van der Waals surface area contributed by atoms with Gasteiger partial charge in [-0.1, -0.05) is 31.9 Å². The lowest BCUT2D eigenvalue weighted by molar-refractivity contribution is -0.138. The summed E-state index contributed by atoms with van der Waals surface area (Å²) in [6, 6.07) is 6.74. The van der Waals surface area contributed by atoms with Crippen molar-refractivity contribution in [1.82, 2.24) is 0 Å². The van der Waals surface area contributed by atoms with E-state index in [1.165, 1.54) is 0 Å². The molecule has 0 saturated heterocycles. The van der Waals surface area contributed by atoms with Crippen molar-refractivity contribution in [3.8, 4) is 0 Å². The monoisotopic (exact) mass is 311 g/mol. The number of sulfone groups is 1. The van der Waals surface area contributed by atoms with Gasteiger partial charge in [0.1, 0.15) is 0 Å².